The van der Waals surface area contributed by atoms with Gasteiger partial charge in [-0.3, -0.25) is 14.9 Å². The summed E-state index contributed by atoms with van der Waals surface area (Å²) in [6.45, 7) is 4.11. The highest BCUT2D eigenvalue weighted by molar-refractivity contribution is 6.33. The van der Waals surface area contributed by atoms with Gasteiger partial charge in [0.2, 0.25) is 0 Å². The number of nitro benzene ring substituents is 1. The summed E-state index contributed by atoms with van der Waals surface area (Å²) in [5.41, 5.74) is 0.0121. The molecular weight excluding hydrogens is 284 g/mol. The first-order valence-corrected chi connectivity index (χ1v) is 6.61. The maximum Gasteiger partial charge on any atom is 0.287 e. The van der Waals surface area contributed by atoms with E-state index in [0.717, 1.165) is 0 Å². The van der Waals surface area contributed by atoms with E-state index in [-0.39, 0.29) is 28.1 Å². The van der Waals surface area contributed by atoms with Crippen LogP contribution in [0.2, 0.25) is 5.02 Å². The van der Waals surface area contributed by atoms with Gasteiger partial charge in [-0.1, -0.05) is 25.4 Å². The number of benzene rings is 1. The van der Waals surface area contributed by atoms with Crippen molar-refractivity contribution in [3.8, 4) is 0 Å². The number of hydrogen-bond donors (Lipinski definition) is 2. The standard InChI is InChI=1S/C13H17ClN2O4/c1-8(2)12(17)5-6-15-13(18)9-3-4-11(16(19)20)10(14)7-9/h3-4,7-8,12,17H,5-6H2,1-2H3,(H,15,18). The van der Waals surface area contributed by atoms with Crippen molar-refractivity contribution in [2.75, 3.05) is 6.54 Å². The number of hydrogen-bond acceptors (Lipinski definition) is 4. The lowest BCUT2D eigenvalue weighted by Gasteiger charge is -2.14. The predicted octanol–water partition coefficient (Wildman–Crippen LogP) is 2.39. The van der Waals surface area contributed by atoms with Crippen LogP contribution in [0.1, 0.15) is 30.6 Å². The van der Waals surface area contributed by atoms with Crippen LogP contribution in [0.25, 0.3) is 0 Å². The molecule has 1 aromatic rings. The summed E-state index contributed by atoms with van der Waals surface area (Å²) in [4.78, 5) is 21.8. The Hall–Kier alpha value is -1.66. The molecule has 110 valence electrons. The van der Waals surface area contributed by atoms with Gasteiger partial charge in [0.15, 0.2) is 0 Å². The highest BCUT2D eigenvalue weighted by Gasteiger charge is 2.15. The summed E-state index contributed by atoms with van der Waals surface area (Å²) < 4.78 is 0. The molecule has 0 aromatic heterocycles. The summed E-state index contributed by atoms with van der Waals surface area (Å²) in [5, 5.41) is 22.8. The molecule has 1 unspecified atom stereocenters. The lowest BCUT2D eigenvalue weighted by Crippen LogP contribution is -2.28. The predicted molar refractivity (Wildman–Crippen MR) is 75.9 cm³/mol. The Morgan fingerprint density at radius 1 is 1.50 bits per heavy atom. The maximum atomic E-state index is 11.8. The lowest BCUT2D eigenvalue weighted by atomic mass is 10.0. The quantitative estimate of drug-likeness (QED) is 0.623. The molecule has 1 amide bonds. The van der Waals surface area contributed by atoms with Crippen LogP contribution < -0.4 is 5.32 Å². The Morgan fingerprint density at radius 2 is 2.15 bits per heavy atom. The van der Waals surface area contributed by atoms with E-state index in [1.54, 1.807) is 0 Å². The number of amides is 1. The van der Waals surface area contributed by atoms with E-state index >= 15 is 0 Å². The number of nitrogens with one attached hydrogen (secondary N) is 1. The third kappa shape index (κ3) is 4.47. The second kappa shape index (κ2) is 7.21. The van der Waals surface area contributed by atoms with Gasteiger partial charge in [-0.2, -0.15) is 0 Å². The molecule has 0 radical (unpaired) electrons. The molecular formula is C13H17ClN2O4. The van der Waals surface area contributed by atoms with Crippen LogP contribution in [0, 0.1) is 16.0 Å². The van der Waals surface area contributed by atoms with Gasteiger partial charge in [0.25, 0.3) is 11.6 Å². The highest BCUT2D eigenvalue weighted by atomic mass is 35.5. The maximum absolute atomic E-state index is 11.8. The van der Waals surface area contributed by atoms with Gasteiger partial charge in [-0.15, -0.1) is 0 Å². The first-order chi connectivity index (χ1) is 9.32. The van der Waals surface area contributed by atoms with Crippen LogP contribution in [0.4, 0.5) is 5.69 Å². The Kier molecular flexibility index (Phi) is 5.91. The molecule has 7 heteroatoms. The van der Waals surface area contributed by atoms with Crippen molar-refractivity contribution in [1.82, 2.24) is 5.32 Å². The Morgan fingerprint density at radius 3 is 2.65 bits per heavy atom. The van der Waals surface area contributed by atoms with Crippen molar-refractivity contribution in [1.29, 1.82) is 0 Å². The van der Waals surface area contributed by atoms with E-state index in [4.69, 9.17) is 11.6 Å². The zero-order chi connectivity index (χ0) is 15.3. The SMILES string of the molecule is CC(C)C(O)CCNC(=O)c1ccc([N+](=O)[O-])c(Cl)c1. The van der Waals surface area contributed by atoms with Gasteiger partial charge in [0.1, 0.15) is 5.02 Å². The van der Waals surface area contributed by atoms with E-state index in [0.29, 0.717) is 13.0 Å². The Balaban J connectivity index is 2.60. The van der Waals surface area contributed by atoms with Crippen LogP contribution in [-0.2, 0) is 0 Å². The van der Waals surface area contributed by atoms with Crippen LogP contribution >= 0.6 is 11.6 Å². The van der Waals surface area contributed by atoms with Gasteiger partial charge in [-0.05, 0) is 24.5 Å². The number of carbonyl (C=O) groups excluding carboxylic acids is 1. The summed E-state index contributed by atoms with van der Waals surface area (Å²) in [5.74, 6) is -0.251. The van der Waals surface area contributed by atoms with E-state index in [1.165, 1.54) is 18.2 Å². The summed E-state index contributed by atoms with van der Waals surface area (Å²) in [6, 6.07) is 3.80. The Labute approximate surface area is 121 Å². The molecule has 0 aliphatic carbocycles. The van der Waals surface area contributed by atoms with Crippen LogP contribution in [0.15, 0.2) is 18.2 Å². The molecule has 1 aromatic carbocycles. The van der Waals surface area contributed by atoms with Crippen molar-refractivity contribution in [2.45, 2.75) is 26.4 Å². The van der Waals surface area contributed by atoms with Crippen molar-refractivity contribution >= 4 is 23.2 Å². The summed E-state index contributed by atoms with van der Waals surface area (Å²) >= 11 is 5.73. The normalized spacial score (nSPS) is 12.2. The molecule has 6 nitrogen and oxygen atoms in total. The minimum Gasteiger partial charge on any atom is -0.393 e. The smallest absolute Gasteiger partial charge is 0.287 e. The molecule has 0 saturated carbocycles. The molecule has 0 fully saturated rings. The highest BCUT2D eigenvalue weighted by Crippen LogP contribution is 2.24. The number of halogens is 1. The number of aliphatic hydroxyl groups is 1. The fourth-order valence-electron chi connectivity index (χ4n) is 1.57. The molecule has 0 heterocycles. The summed E-state index contributed by atoms with van der Waals surface area (Å²) in [7, 11) is 0. The van der Waals surface area contributed by atoms with Gasteiger partial charge in [0.05, 0.1) is 11.0 Å². The lowest BCUT2D eigenvalue weighted by molar-refractivity contribution is -0.384. The number of rotatable bonds is 6. The average Bonchev–Trinajstić information content (AvgIpc) is 2.37. The third-order valence-electron chi connectivity index (χ3n) is 2.90. The van der Waals surface area contributed by atoms with Crippen molar-refractivity contribution in [3.63, 3.8) is 0 Å². The minimum atomic E-state index is -0.608. The van der Waals surface area contributed by atoms with E-state index in [2.05, 4.69) is 5.32 Å². The number of aliphatic hydroxyl groups excluding tert-OH is 1. The minimum absolute atomic E-state index is 0.0788. The first kappa shape index (κ1) is 16.4. The monoisotopic (exact) mass is 300 g/mol. The molecule has 0 spiro atoms. The average molecular weight is 301 g/mol. The van der Waals surface area contributed by atoms with Crippen LogP contribution in [0.5, 0.6) is 0 Å². The molecule has 0 aliphatic heterocycles. The van der Waals surface area contributed by atoms with Crippen LogP contribution in [-0.4, -0.2) is 28.6 Å². The fraction of sp³-hybridized carbons (Fsp3) is 0.462. The van der Waals surface area contributed by atoms with Gasteiger partial charge in [0, 0.05) is 18.2 Å². The molecule has 1 atom stereocenters. The topological polar surface area (TPSA) is 92.5 Å². The zero-order valence-electron chi connectivity index (χ0n) is 11.3. The number of nitro groups is 1. The second-order valence-corrected chi connectivity index (χ2v) is 5.19. The van der Waals surface area contributed by atoms with E-state index in [9.17, 15) is 20.0 Å². The molecule has 1 rings (SSSR count). The zero-order valence-corrected chi connectivity index (χ0v) is 12.1. The Bertz CT molecular complexity index is 505. The van der Waals surface area contributed by atoms with Crippen LogP contribution in [0.3, 0.4) is 0 Å². The van der Waals surface area contributed by atoms with E-state index in [1.807, 2.05) is 13.8 Å². The fourth-order valence-corrected chi connectivity index (χ4v) is 1.81. The molecule has 0 bridgehead atoms. The molecule has 20 heavy (non-hydrogen) atoms. The number of carbonyl (C=O) groups is 1. The second-order valence-electron chi connectivity index (χ2n) is 4.78. The molecule has 0 aliphatic rings. The molecule has 2 N–H and O–H groups in total. The number of nitrogens with zero attached hydrogens (tertiary/aromatic N) is 1. The van der Waals surface area contributed by atoms with Crippen molar-refractivity contribution < 1.29 is 14.8 Å². The summed E-state index contributed by atoms with van der Waals surface area (Å²) in [6.07, 6.45) is -0.0276. The van der Waals surface area contributed by atoms with E-state index < -0.39 is 11.0 Å². The molecule has 0 saturated heterocycles. The van der Waals surface area contributed by atoms with Gasteiger partial charge >= 0.3 is 0 Å². The van der Waals surface area contributed by atoms with Crippen molar-refractivity contribution in [2.24, 2.45) is 5.92 Å². The van der Waals surface area contributed by atoms with Gasteiger partial charge in [-0.25, -0.2) is 0 Å². The first-order valence-electron chi connectivity index (χ1n) is 6.23. The van der Waals surface area contributed by atoms with Gasteiger partial charge < -0.3 is 10.4 Å². The third-order valence-corrected chi connectivity index (χ3v) is 3.20. The van der Waals surface area contributed by atoms with Crippen molar-refractivity contribution in [3.05, 3.63) is 38.9 Å². The largest absolute Gasteiger partial charge is 0.393 e.